The smallest absolute Gasteiger partial charge is 0.221 e. The lowest BCUT2D eigenvalue weighted by molar-refractivity contribution is -0.122. The van der Waals surface area contributed by atoms with Gasteiger partial charge in [-0.3, -0.25) is 9.69 Å². The first-order valence-corrected chi connectivity index (χ1v) is 7.47. The van der Waals surface area contributed by atoms with Gasteiger partial charge in [0.2, 0.25) is 5.91 Å². The fourth-order valence-electron chi connectivity index (χ4n) is 3.38. The second kappa shape index (κ2) is 6.53. The molecule has 2 aliphatic heterocycles. The van der Waals surface area contributed by atoms with E-state index in [-0.39, 0.29) is 11.9 Å². The van der Waals surface area contributed by atoms with Crippen LogP contribution in [0.5, 0.6) is 0 Å². The van der Waals surface area contributed by atoms with Gasteiger partial charge in [-0.2, -0.15) is 0 Å². The van der Waals surface area contributed by atoms with Gasteiger partial charge in [-0.1, -0.05) is 13.3 Å². The molecule has 2 heterocycles. The van der Waals surface area contributed by atoms with Gasteiger partial charge in [0.05, 0.1) is 0 Å². The van der Waals surface area contributed by atoms with Crippen LogP contribution in [0.15, 0.2) is 0 Å². The Hall–Kier alpha value is -0.610. The van der Waals surface area contributed by atoms with E-state index >= 15 is 0 Å². The average Bonchev–Trinajstić information content (AvgIpc) is 2.73. The number of carbonyl (C=O) groups excluding carboxylic acids is 1. The largest absolute Gasteiger partial charge is 0.352 e. The van der Waals surface area contributed by atoms with E-state index in [0.29, 0.717) is 18.5 Å². The van der Waals surface area contributed by atoms with Gasteiger partial charge in [-0.25, -0.2) is 0 Å². The lowest BCUT2D eigenvalue weighted by Gasteiger charge is -2.32. The molecule has 4 heteroatoms. The Balaban J connectivity index is 1.77. The minimum atomic E-state index is 0.209. The van der Waals surface area contributed by atoms with E-state index in [4.69, 9.17) is 0 Å². The molecule has 2 rings (SSSR count). The van der Waals surface area contributed by atoms with Crippen LogP contribution in [0, 0.1) is 0 Å². The molecule has 0 bridgehead atoms. The van der Waals surface area contributed by atoms with E-state index in [1.165, 1.54) is 32.4 Å². The number of hydrogen-bond acceptors (Lipinski definition) is 3. The number of piperidine rings is 1. The topological polar surface area (TPSA) is 44.4 Å². The molecule has 18 heavy (non-hydrogen) atoms. The molecular formula is C14H27N3O. The molecule has 3 unspecified atom stereocenters. The third kappa shape index (κ3) is 3.45. The van der Waals surface area contributed by atoms with Crippen LogP contribution >= 0.6 is 0 Å². The summed E-state index contributed by atoms with van der Waals surface area (Å²) in [6.07, 6.45) is 5.63. The van der Waals surface area contributed by atoms with Crippen molar-refractivity contribution in [1.82, 2.24) is 15.5 Å². The lowest BCUT2D eigenvalue weighted by atomic mass is 9.99. The molecule has 0 aromatic heterocycles. The Morgan fingerprint density at radius 2 is 2.17 bits per heavy atom. The Bertz CT molecular complexity index is 282. The summed E-state index contributed by atoms with van der Waals surface area (Å²) in [6, 6.07) is 1.28. The van der Waals surface area contributed by atoms with Gasteiger partial charge in [0, 0.05) is 31.1 Å². The quantitative estimate of drug-likeness (QED) is 0.771. The highest BCUT2D eigenvalue weighted by atomic mass is 16.1. The van der Waals surface area contributed by atoms with E-state index < -0.39 is 0 Å². The second-order valence-corrected chi connectivity index (χ2v) is 5.72. The molecule has 0 aromatic rings. The highest BCUT2D eigenvalue weighted by Crippen LogP contribution is 2.27. The van der Waals surface area contributed by atoms with Gasteiger partial charge in [0.15, 0.2) is 0 Å². The Labute approximate surface area is 110 Å². The number of nitrogens with one attached hydrogen (secondary N) is 2. The maximum Gasteiger partial charge on any atom is 0.221 e. The first kappa shape index (κ1) is 13.8. The number of nitrogens with zero attached hydrogens (tertiary/aromatic N) is 1. The summed E-state index contributed by atoms with van der Waals surface area (Å²) in [4.78, 5) is 14.5. The van der Waals surface area contributed by atoms with Crippen LogP contribution in [-0.2, 0) is 4.79 Å². The molecule has 3 atom stereocenters. The molecule has 0 saturated carbocycles. The maximum absolute atomic E-state index is 12.0. The normalized spacial score (nSPS) is 29.9. The zero-order chi connectivity index (χ0) is 13.0. The molecule has 4 nitrogen and oxygen atoms in total. The molecule has 2 fully saturated rings. The summed E-state index contributed by atoms with van der Waals surface area (Å²) < 4.78 is 0. The fourth-order valence-corrected chi connectivity index (χ4v) is 3.38. The van der Waals surface area contributed by atoms with Crippen LogP contribution in [0.4, 0.5) is 0 Å². The van der Waals surface area contributed by atoms with E-state index in [0.717, 1.165) is 13.0 Å². The van der Waals surface area contributed by atoms with Gasteiger partial charge in [-0.05, 0) is 39.3 Å². The average molecular weight is 253 g/mol. The first-order valence-electron chi connectivity index (χ1n) is 7.47. The van der Waals surface area contributed by atoms with Crippen LogP contribution in [0.2, 0.25) is 0 Å². The van der Waals surface area contributed by atoms with Crippen molar-refractivity contribution in [3.8, 4) is 0 Å². The summed E-state index contributed by atoms with van der Waals surface area (Å²) in [5.41, 5.74) is 0. The Morgan fingerprint density at radius 1 is 1.33 bits per heavy atom. The summed E-state index contributed by atoms with van der Waals surface area (Å²) in [5, 5.41) is 6.53. The summed E-state index contributed by atoms with van der Waals surface area (Å²) in [5.74, 6) is 0.209. The first-order chi connectivity index (χ1) is 8.70. The van der Waals surface area contributed by atoms with Crippen molar-refractivity contribution in [3.05, 3.63) is 0 Å². The number of amides is 1. The molecule has 1 amide bonds. The number of rotatable bonds is 5. The van der Waals surface area contributed by atoms with Crippen molar-refractivity contribution in [2.75, 3.05) is 19.6 Å². The number of hydrogen-bond donors (Lipinski definition) is 2. The SMILES string of the molecule is CCNC(C)CC(=O)NC1CCN2CCCCC12. The molecule has 0 radical (unpaired) electrons. The van der Waals surface area contributed by atoms with Gasteiger partial charge in [-0.15, -0.1) is 0 Å². The molecule has 2 saturated heterocycles. The minimum absolute atomic E-state index is 0.209. The van der Waals surface area contributed by atoms with Crippen molar-refractivity contribution in [2.45, 2.75) is 64.1 Å². The summed E-state index contributed by atoms with van der Waals surface area (Å²) in [7, 11) is 0. The van der Waals surface area contributed by atoms with Gasteiger partial charge < -0.3 is 10.6 Å². The number of carbonyl (C=O) groups is 1. The zero-order valence-electron chi connectivity index (χ0n) is 11.7. The lowest BCUT2D eigenvalue weighted by Crippen LogP contribution is -2.47. The van der Waals surface area contributed by atoms with Crippen LogP contribution in [0.1, 0.15) is 46.0 Å². The molecule has 0 aromatic carbocycles. The van der Waals surface area contributed by atoms with Gasteiger partial charge in [0.1, 0.15) is 0 Å². The van der Waals surface area contributed by atoms with Crippen molar-refractivity contribution >= 4 is 5.91 Å². The van der Waals surface area contributed by atoms with Crippen LogP contribution in [0.25, 0.3) is 0 Å². The van der Waals surface area contributed by atoms with Crippen LogP contribution < -0.4 is 10.6 Å². The monoisotopic (exact) mass is 253 g/mol. The van der Waals surface area contributed by atoms with E-state index in [1.54, 1.807) is 0 Å². The highest BCUT2D eigenvalue weighted by Gasteiger charge is 2.36. The molecule has 104 valence electrons. The maximum atomic E-state index is 12.0. The van der Waals surface area contributed by atoms with Crippen molar-refractivity contribution in [3.63, 3.8) is 0 Å². The molecule has 2 N–H and O–H groups in total. The Morgan fingerprint density at radius 3 is 2.94 bits per heavy atom. The minimum Gasteiger partial charge on any atom is -0.352 e. The third-order valence-electron chi connectivity index (χ3n) is 4.25. The van der Waals surface area contributed by atoms with Gasteiger partial charge in [0.25, 0.3) is 0 Å². The van der Waals surface area contributed by atoms with Crippen molar-refractivity contribution < 1.29 is 4.79 Å². The zero-order valence-corrected chi connectivity index (χ0v) is 11.7. The predicted octanol–water partition coefficient (Wildman–Crippen LogP) is 1.12. The second-order valence-electron chi connectivity index (χ2n) is 5.72. The number of fused-ring (bicyclic) bond motifs is 1. The van der Waals surface area contributed by atoms with Crippen LogP contribution in [0.3, 0.4) is 0 Å². The van der Waals surface area contributed by atoms with Gasteiger partial charge >= 0.3 is 0 Å². The standard InChI is InChI=1S/C14H27N3O/c1-3-15-11(2)10-14(18)16-12-7-9-17-8-5-4-6-13(12)17/h11-13,15H,3-10H2,1-2H3,(H,16,18). The van der Waals surface area contributed by atoms with Crippen molar-refractivity contribution in [1.29, 1.82) is 0 Å². The molecule has 2 aliphatic rings. The molecular weight excluding hydrogens is 226 g/mol. The molecule has 0 spiro atoms. The van der Waals surface area contributed by atoms with E-state index in [9.17, 15) is 4.79 Å². The van der Waals surface area contributed by atoms with E-state index in [2.05, 4.69) is 29.4 Å². The third-order valence-corrected chi connectivity index (χ3v) is 4.25. The van der Waals surface area contributed by atoms with Crippen LogP contribution in [-0.4, -0.2) is 48.6 Å². The predicted molar refractivity (Wildman–Crippen MR) is 73.5 cm³/mol. The molecule has 0 aliphatic carbocycles. The Kier molecular flexibility index (Phi) is 5.01. The summed E-state index contributed by atoms with van der Waals surface area (Å²) >= 11 is 0. The highest BCUT2D eigenvalue weighted by molar-refractivity contribution is 5.77. The summed E-state index contributed by atoms with van der Waals surface area (Å²) in [6.45, 7) is 7.47. The van der Waals surface area contributed by atoms with Crippen molar-refractivity contribution in [2.24, 2.45) is 0 Å². The fraction of sp³-hybridized carbons (Fsp3) is 0.929. The van der Waals surface area contributed by atoms with E-state index in [1.807, 2.05) is 0 Å².